The highest BCUT2D eigenvalue weighted by Gasteiger charge is 2.27. The molecule has 1 aliphatic rings. The standard InChI is InChI=1S/C20H27N5O4/c1-5-29-15(26)11-23-18(27)16-17(22(4)20(23)28)21-19-24(12(2)13(3)25(16)19)14-9-7-6-8-10-14/h14H,5-11H2,1-4H3. The van der Waals surface area contributed by atoms with E-state index in [1.54, 1.807) is 14.0 Å². The van der Waals surface area contributed by atoms with Gasteiger partial charge in [0.05, 0.1) is 6.61 Å². The van der Waals surface area contributed by atoms with Crippen LogP contribution in [0.5, 0.6) is 0 Å². The summed E-state index contributed by atoms with van der Waals surface area (Å²) in [4.78, 5) is 42.6. The molecule has 0 unspecified atom stereocenters. The van der Waals surface area contributed by atoms with Crippen LogP contribution in [0.15, 0.2) is 9.59 Å². The normalized spacial score (nSPS) is 15.4. The number of hydrogen-bond donors (Lipinski definition) is 0. The van der Waals surface area contributed by atoms with Crippen LogP contribution >= 0.6 is 0 Å². The van der Waals surface area contributed by atoms with Crippen LogP contribution < -0.4 is 11.2 Å². The van der Waals surface area contributed by atoms with E-state index in [1.807, 2.05) is 18.2 Å². The minimum absolute atomic E-state index is 0.190. The number of carbonyl (C=O) groups is 1. The fourth-order valence-corrected chi connectivity index (χ4v) is 4.53. The number of aromatic nitrogens is 5. The van der Waals surface area contributed by atoms with Crippen molar-refractivity contribution in [2.45, 2.75) is 65.5 Å². The van der Waals surface area contributed by atoms with Gasteiger partial charge < -0.3 is 9.30 Å². The van der Waals surface area contributed by atoms with Gasteiger partial charge in [-0.15, -0.1) is 0 Å². The van der Waals surface area contributed by atoms with Crippen LogP contribution in [0.1, 0.15) is 56.5 Å². The lowest BCUT2D eigenvalue weighted by Crippen LogP contribution is -2.41. The molecule has 3 heterocycles. The molecule has 0 amide bonds. The Balaban J connectivity index is 2.01. The zero-order valence-corrected chi connectivity index (χ0v) is 17.4. The second kappa shape index (κ2) is 7.20. The highest BCUT2D eigenvalue weighted by Crippen LogP contribution is 2.33. The van der Waals surface area contributed by atoms with Crippen molar-refractivity contribution < 1.29 is 9.53 Å². The van der Waals surface area contributed by atoms with E-state index in [4.69, 9.17) is 9.72 Å². The number of imidazole rings is 2. The van der Waals surface area contributed by atoms with E-state index in [-0.39, 0.29) is 6.61 Å². The summed E-state index contributed by atoms with van der Waals surface area (Å²) in [7, 11) is 1.57. The Morgan fingerprint density at radius 1 is 1.14 bits per heavy atom. The summed E-state index contributed by atoms with van der Waals surface area (Å²) >= 11 is 0. The molecule has 0 bridgehead atoms. The van der Waals surface area contributed by atoms with Crippen molar-refractivity contribution in [3.05, 3.63) is 32.2 Å². The summed E-state index contributed by atoms with van der Waals surface area (Å²) in [6.07, 6.45) is 5.77. The number of esters is 1. The number of nitrogens with zero attached hydrogens (tertiary/aromatic N) is 5. The molecule has 0 radical (unpaired) electrons. The van der Waals surface area contributed by atoms with Gasteiger partial charge in [-0.3, -0.25) is 18.6 Å². The van der Waals surface area contributed by atoms with E-state index < -0.39 is 23.8 Å². The van der Waals surface area contributed by atoms with Crippen molar-refractivity contribution in [1.29, 1.82) is 0 Å². The molecule has 0 saturated heterocycles. The Kier molecular flexibility index (Phi) is 4.84. The molecular formula is C20H27N5O4. The zero-order chi connectivity index (χ0) is 20.9. The third-order valence-electron chi connectivity index (χ3n) is 6.09. The molecule has 156 valence electrons. The van der Waals surface area contributed by atoms with E-state index >= 15 is 0 Å². The zero-order valence-electron chi connectivity index (χ0n) is 17.4. The molecule has 3 aromatic heterocycles. The molecule has 0 aromatic carbocycles. The molecule has 29 heavy (non-hydrogen) atoms. The average molecular weight is 401 g/mol. The van der Waals surface area contributed by atoms with Crippen LogP contribution in [-0.2, 0) is 23.1 Å². The van der Waals surface area contributed by atoms with E-state index in [2.05, 4.69) is 4.57 Å². The molecule has 3 aromatic rings. The van der Waals surface area contributed by atoms with Crippen LogP contribution in [0.3, 0.4) is 0 Å². The van der Waals surface area contributed by atoms with Gasteiger partial charge in [0, 0.05) is 24.5 Å². The largest absolute Gasteiger partial charge is 0.465 e. The fourth-order valence-electron chi connectivity index (χ4n) is 4.53. The Bertz CT molecular complexity index is 1220. The highest BCUT2D eigenvalue weighted by atomic mass is 16.5. The average Bonchev–Trinajstić information content (AvgIpc) is 3.20. The molecule has 9 heteroatoms. The Morgan fingerprint density at radius 2 is 1.83 bits per heavy atom. The Hall–Kier alpha value is -2.84. The summed E-state index contributed by atoms with van der Waals surface area (Å²) in [6, 6.07) is 0.343. The van der Waals surface area contributed by atoms with Gasteiger partial charge in [0.1, 0.15) is 6.54 Å². The lowest BCUT2D eigenvalue weighted by Gasteiger charge is -2.24. The van der Waals surface area contributed by atoms with Crippen LogP contribution in [-0.4, -0.2) is 35.7 Å². The van der Waals surface area contributed by atoms with Crippen molar-refractivity contribution in [1.82, 2.24) is 23.1 Å². The summed E-state index contributed by atoms with van der Waals surface area (Å²) in [5.41, 5.74) is 1.56. The lowest BCUT2D eigenvalue weighted by molar-refractivity contribution is -0.143. The number of ether oxygens (including phenoxy) is 1. The third kappa shape index (κ3) is 2.90. The second-order valence-electron chi connectivity index (χ2n) is 7.79. The molecular weight excluding hydrogens is 374 g/mol. The van der Waals surface area contributed by atoms with Gasteiger partial charge in [-0.1, -0.05) is 19.3 Å². The minimum Gasteiger partial charge on any atom is -0.465 e. The van der Waals surface area contributed by atoms with Gasteiger partial charge in [0.2, 0.25) is 5.78 Å². The Labute approximate surface area is 167 Å². The monoisotopic (exact) mass is 401 g/mol. The first-order chi connectivity index (χ1) is 13.9. The van der Waals surface area contributed by atoms with E-state index in [1.165, 1.54) is 23.8 Å². The third-order valence-corrected chi connectivity index (χ3v) is 6.09. The van der Waals surface area contributed by atoms with Gasteiger partial charge in [-0.25, -0.2) is 9.36 Å². The topological polar surface area (TPSA) is 92.5 Å². The van der Waals surface area contributed by atoms with Crippen LogP contribution in [0.2, 0.25) is 0 Å². The first-order valence-electron chi connectivity index (χ1n) is 10.2. The molecule has 0 atom stereocenters. The van der Waals surface area contributed by atoms with Crippen molar-refractivity contribution >= 4 is 22.9 Å². The lowest BCUT2D eigenvalue weighted by atomic mass is 9.95. The first-order valence-corrected chi connectivity index (χ1v) is 10.2. The fraction of sp³-hybridized carbons (Fsp3) is 0.600. The van der Waals surface area contributed by atoms with E-state index in [0.717, 1.165) is 28.8 Å². The smallest absolute Gasteiger partial charge is 0.333 e. The van der Waals surface area contributed by atoms with Gasteiger partial charge in [-0.05, 0) is 33.6 Å². The quantitative estimate of drug-likeness (QED) is 0.622. The number of carbonyl (C=O) groups excluding carboxylic acids is 1. The van der Waals surface area contributed by atoms with Gasteiger partial charge in [-0.2, -0.15) is 4.98 Å². The highest BCUT2D eigenvalue weighted by molar-refractivity contribution is 5.77. The summed E-state index contributed by atoms with van der Waals surface area (Å²) in [6.45, 7) is 5.47. The van der Waals surface area contributed by atoms with Gasteiger partial charge >= 0.3 is 11.7 Å². The number of hydrogen-bond acceptors (Lipinski definition) is 5. The van der Waals surface area contributed by atoms with Crippen molar-refractivity contribution in [2.24, 2.45) is 7.05 Å². The van der Waals surface area contributed by atoms with E-state index in [9.17, 15) is 14.4 Å². The van der Waals surface area contributed by atoms with Crippen molar-refractivity contribution in [2.75, 3.05) is 6.61 Å². The predicted octanol–water partition coefficient (Wildman–Crippen LogP) is 1.83. The van der Waals surface area contributed by atoms with Crippen molar-refractivity contribution in [3.63, 3.8) is 0 Å². The second-order valence-corrected chi connectivity index (χ2v) is 7.79. The number of fused-ring (bicyclic) bond motifs is 3. The summed E-state index contributed by atoms with van der Waals surface area (Å²) in [5.74, 6) is 0.0716. The molecule has 0 spiro atoms. The SMILES string of the molecule is CCOC(=O)Cn1c(=O)c2c(nc3n(C4CCCCC4)c(C)c(C)n23)n(C)c1=O. The van der Waals surface area contributed by atoms with Crippen LogP contribution in [0.4, 0.5) is 0 Å². The number of rotatable bonds is 4. The first kappa shape index (κ1) is 19.5. The van der Waals surface area contributed by atoms with Gasteiger partial charge in [0.15, 0.2) is 11.2 Å². The summed E-state index contributed by atoms with van der Waals surface area (Å²) in [5, 5.41) is 0. The molecule has 0 aliphatic heterocycles. The maximum absolute atomic E-state index is 13.2. The summed E-state index contributed by atoms with van der Waals surface area (Å²) < 4.78 is 11.2. The Morgan fingerprint density at radius 3 is 2.48 bits per heavy atom. The van der Waals surface area contributed by atoms with Gasteiger partial charge in [0.25, 0.3) is 5.56 Å². The maximum atomic E-state index is 13.2. The van der Waals surface area contributed by atoms with E-state index in [0.29, 0.717) is 23.0 Å². The molecule has 1 saturated carbocycles. The molecule has 1 aliphatic carbocycles. The number of aryl methyl sites for hydroxylation is 2. The van der Waals surface area contributed by atoms with Crippen LogP contribution in [0.25, 0.3) is 16.9 Å². The molecule has 4 rings (SSSR count). The maximum Gasteiger partial charge on any atom is 0.333 e. The predicted molar refractivity (Wildman–Crippen MR) is 108 cm³/mol. The minimum atomic E-state index is -0.612. The molecule has 9 nitrogen and oxygen atoms in total. The molecule has 1 fully saturated rings. The van der Waals surface area contributed by atoms with Crippen molar-refractivity contribution in [3.8, 4) is 0 Å². The molecule has 0 N–H and O–H groups in total. The van der Waals surface area contributed by atoms with Crippen LogP contribution in [0, 0.1) is 13.8 Å².